The third kappa shape index (κ3) is 10.2. The van der Waals surface area contributed by atoms with E-state index in [1.54, 1.807) is 32.2 Å². The highest BCUT2D eigenvalue weighted by atomic mass is 127. The molecule has 1 aliphatic heterocycles. The minimum atomic E-state index is -2.91. The summed E-state index contributed by atoms with van der Waals surface area (Å²) in [5, 5.41) is 6.43. The number of guanidine groups is 1. The molecule has 2 N–H and O–H groups in total. The molecule has 0 unspecified atom stereocenters. The quantitative estimate of drug-likeness (QED) is 0.190. The van der Waals surface area contributed by atoms with E-state index in [9.17, 15) is 8.78 Å². The van der Waals surface area contributed by atoms with Crippen molar-refractivity contribution in [1.82, 2.24) is 20.4 Å². The van der Waals surface area contributed by atoms with Crippen LogP contribution in [-0.4, -0.2) is 82.3 Å². The van der Waals surface area contributed by atoms with Crippen LogP contribution in [0.1, 0.15) is 25.3 Å². The second-order valence-electron chi connectivity index (χ2n) is 7.26. The van der Waals surface area contributed by atoms with Crippen LogP contribution in [0, 0.1) is 0 Å². The highest BCUT2D eigenvalue weighted by Gasteiger charge is 2.16. The summed E-state index contributed by atoms with van der Waals surface area (Å²) >= 11 is 0. The molecule has 31 heavy (non-hydrogen) atoms. The normalized spacial score (nSPS) is 15.5. The van der Waals surface area contributed by atoms with Crippen LogP contribution in [0.25, 0.3) is 0 Å². The number of likely N-dealkylation sites (N-methyl/N-ethyl adjacent to an activating group) is 1. The predicted molar refractivity (Wildman–Crippen MR) is 131 cm³/mol. The Morgan fingerprint density at radius 2 is 1.90 bits per heavy atom. The first kappa shape index (κ1) is 27.6. The van der Waals surface area contributed by atoms with Gasteiger partial charge in [0.2, 0.25) is 0 Å². The van der Waals surface area contributed by atoms with Gasteiger partial charge in [-0.1, -0.05) is 12.1 Å². The molecule has 2 rings (SSSR count). The number of rotatable bonds is 11. The van der Waals surface area contributed by atoms with Gasteiger partial charge in [0, 0.05) is 51.9 Å². The van der Waals surface area contributed by atoms with Gasteiger partial charge in [-0.2, -0.15) is 8.78 Å². The number of para-hydroxylation sites is 1. The molecule has 0 saturated carbocycles. The number of nitrogens with zero attached hydrogens (tertiary/aromatic N) is 3. The van der Waals surface area contributed by atoms with Crippen molar-refractivity contribution >= 4 is 29.9 Å². The lowest BCUT2D eigenvalue weighted by atomic mass is 10.2. The third-order valence-corrected chi connectivity index (χ3v) is 5.03. The van der Waals surface area contributed by atoms with Crippen molar-refractivity contribution in [3.63, 3.8) is 0 Å². The topological polar surface area (TPSA) is 61.4 Å². The third-order valence-electron chi connectivity index (χ3n) is 5.03. The molecule has 0 radical (unpaired) electrons. The molecule has 178 valence electrons. The van der Waals surface area contributed by atoms with E-state index in [0.29, 0.717) is 30.4 Å². The molecule has 1 aromatic carbocycles. The van der Waals surface area contributed by atoms with E-state index in [1.165, 1.54) is 0 Å². The highest BCUT2D eigenvalue weighted by Crippen LogP contribution is 2.32. The Balaban J connectivity index is 0.00000480. The summed E-state index contributed by atoms with van der Waals surface area (Å²) in [4.78, 5) is 9.07. The molecular formula is C21H36F2IN5O2. The van der Waals surface area contributed by atoms with Crippen LogP contribution in [0.3, 0.4) is 0 Å². The van der Waals surface area contributed by atoms with E-state index in [1.807, 2.05) is 0 Å². The monoisotopic (exact) mass is 555 g/mol. The number of ether oxygens (including phenoxy) is 2. The number of unbranched alkanes of at least 4 members (excludes halogenated alkanes) is 1. The van der Waals surface area contributed by atoms with Crippen molar-refractivity contribution in [2.45, 2.75) is 32.9 Å². The Labute approximate surface area is 201 Å². The molecule has 0 bridgehead atoms. The fourth-order valence-corrected chi connectivity index (χ4v) is 3.33. The summed E-state index contributed by atoms with van der Waals surface area (Å²) in [5.41, 5.74) is 0.583. The lowest BCUT2D eigenvalue weighted by Crippen LogP contribution is -2.44. The van der Waals surface area contributed by atoms with Gasteiger partial charge in [-0.25, -0.2) is 0 Å². The molecule has 7 nitrogen and oxygen atoms in total. The Morgan fingerprint density at radius 1 is 1.16 bits per heavy atom. The minimum absolute atomic E-state index is 0. The largest absolute Gasteiger partial charge is 0.490 e. The fourth-order valence-electron chi connectivity index (χ4n) is 3.33. The van der Waals surface area contributed by atoms with Gasteiger partial charge in [0.1, 0.15) is 0 Å². The van der Waals surface area contributed by atoms with Gasteiger partial charge in [0.05, 0.1) is 6.61 Å². The van der Waals surface area contributed by atoms with Crippen LogP contribution >= 0.6 is 24.0 Å². The summed E-state index contributed by atoms with van der Waals surface area (Å²) in [7, 11) is 3.85. The molecule has 0 atom stereocenters. The highest BCUT2D eigenvalue weighted by molar-refractivity contribution is 14.0. The van der Waals surface area contributed by atoms with E-state index in [2.05, 4.69) is 32.5 Å². The number of benzene rings is 1. The first-order valence-electron chi connectivity index (χ1n) is 10.6. The maximum Gasteiger partial charge on any atom is 0.387 e. The molecule has 0 spiro atoms. The molecule has 1 aromatic rings. The molecule has 1 fully saturated rings. The molecule has 0 amide bonds. The van der Waals surface area contributed by atoms with Crippen LogP contribution in [0.2, 0.25) is 0 Å². The average Bonchev–Trinajstić information content (AvgIpc) is 2.73. The second-order valence-corrected chi connectivity index (χ2v) is 7.26. The fraction of sp³-hybridized carbons (Fsp3) is 0.667. The summed E-state index contributed by atoms with van der Waals surface area (Å²) in [5.74, 6) is 0.993. The van der Waals surface area contributed by atoms with Crippen molar-refractivity contribution < 1.29 is 18.3 Å². The van der Waals surface area contributed by atoms with Crippen LogP contribution in [0.15, 0.2) is 23.2 Å². The number of piperazine rings is 1. The molecule has 10 heteroatoms. The van der Waals surface area contributed by atoms with Gasteiger partial charge in [-0.3, -0.25) is 4.99 Å². The molecule has 0 aliphatic carbocycles. The molecule has 0 aromatic heterocycles. The Bertz CT molecular complexity index is 659. The molecule has 1 aliphatic rings. The molecule has 1 heterocycles. The van der Waals surface area contributed by atoms with Crippen LogP contribution in [0.4, 0.5) is 8.78 Å². The summed E-state index contributed by atoms with van der Waals surface area (Å²) in [6, 6.07) is 5.11. The first-order chi connectivity index (χ1) is 14.5. The van der Waals surface area contributed by atoms with Crippen LogP contribution in [-0.2, 0) is 6.54 Å². The zero-order valence-corrected chi connectivity index (χ0v) is 21.0. The van der Waals surface area contributed by atoms with E-state index in [0.717, 1.165) is 52.1 Å². The standard InChI is InChI=1S/C21H35F2N5O2.HI/c1-4-29-18-9-7-8-17(19(18)30-20(22)23)16-26-21(24-2)25-10-5-6-11-28-14-12-27(3)13-15-28;/h7-9,20H,4-6,10-16H2,1-3H3,(H2,24,25,26);1H. The average molecular weight is 555 g/mol. The van der Waals surface area contributed by atoms with Gasteiger partial charge in [-0.15, -0.1) is 24.0 Å². The van der Waals surface area contributed by atoms with Crippen LogP contribution < -0.4 is 20.1 Å². The number of hydrogen-bond acceptors (Lipinski definition) is 5. The van der Waals surface area contributed by atoms with E-state index >= 15 is 0 Å². The lowest BCUT2D eigenvalue weighted by molar-refractivity contribution is -0.0520. The molecule has 1 saturated heterocycles. The molecular weight excluding hydrogens is 519 g/mol. The zero-order chi connectivity index (χ0) is 21.8. The maximum absolute atomic E-state index is 12.8. The number of nitrogens with one attached hydrogen (secondary N) is 2. The number of hydrogen-bond donors (Lipinski definition) is 2. The Hall–Kier alpha value is -1.40. The van der Waals surface area contributed by atoms with Gasteiger partial charge < -0.3 is 29.9 Å². The predicted octanol–water partition coefficient (Wildman–Crippen LogP) is 3.00. The van der Waals surface area contributed by atoms with Crippen molar-refractivity contribution in [2.24, 2.45) is 4.99 Å². The Morgan fingerprint density at radius 3 is 2.55 bits per heavy atom. The van der Waals surface area contributed by atoms with Gasteiger partial charge in [-0.05, 0) is 39.4 Å². The van der Waals surface area contributed by atoms with Crippen molar-refractivity contribution in [1.29, 1.82) is 0 Å². The minimum Gasteiger partial charge on any atom is -0.490 e. The number of alkyl halides is 2. The van der Waals surface area contributed by atoms with Crippen LogP contribution in [0.5, 0.6) is 11.5 Å². The van der Waals surface area contributed by atoms with E-state index in [4.69, 9.17) is 9.47 Å². The maximum atomic E-state index is 12.8. The summed E-state index contributed by atoms with van der Waals surface area (Å²) < 4.78 is 35.8. The van der Waals surface area contributed by atoms with Crippen molar-refractivity contribution in [3.05, 3.63) is 23.8 Å². The van der Waals surface area contributed by atoms with Crippen molar-refractivity contribution in [2.75, 3.05) is 60.0 Å². The van der Waals surface area contributed by atoms with Crippen molar-refractivity contribution in [3.8, 4) is 11.5 Å². The van der Waals surface area contributed by atoms with E-state index in [-0.39, 0.29) is 29.7 Å². The smallest absolute Gasteiger partial charge is 0.387 e. The summed E-state index contributed by atoms with van der Waals surface area (Å²) in [6.07, 6.45) is 2.16. The first-order valence-corrected chi connectivity index (χ1v) is 10.6. The van der Waals surface area contributed by atoms with Gasteiger partial charge >= 0.3 is 6.61 Å². The summed E-state index contributed by atoms with van der Waals surface area (Å²) in [6.45, 7) is 6.00. The van der Waals surface area contributed by atoms with Gasteiger partial charge in [0.15, 0.2) is 17.5 Å². The SMILES string of the molecule is CCOc1cccc(CNC(=NC)NCCCCN2CCN(C)CC2)c1OC(F)F.I. The number of aliphatic imine (C=N–C) groups is 1. The van der Waals surface area contributed by atoms with E-state index < -0.39 is 6.61 Å². The second kappa shape index (κ2) is 15.4. The lowest BCUT2D eigenvalue weighted by Gasteiger charge is -2.32. The zero-order valence-electron chi connectivity index (χ0n) is 18.7. The Kier molecular flexibility index (Phi) is 13.7. The number of halogens is 3. The van der Waals surface area contributed by atoms with Gasteiger partial charge in [0.25, 0.3) is 0 Å².